The summed E-state index contributed by atoms with van der Waals surface area (Å²) in [4.78, 5) is 4.63. The summed E-state index contributed by atoms with van der Waals surface area (Å²) in [5.74, 6) is 1.42. The van der Waals surface area contributed by atoms with Crippen LogP contribution in [-0.4, -0.2) is 20.9 Å². The van der Waals surface area contributed by atoms with Crippen LogP contribution in [0.15, 0.2) is 53.7 Å². The lowest BCUT2D eigenvalue weighted by atomic mass is 10.1. The number of rotatable bonds is 5. The fourth-order valence-corrected chi connectivity index (χ4v) is 3.94. The average Bonchev–Trinajstić information content (AvgIpc) is 2.85. The van der Waals surface area contributed by atoms with Gasteiger partial charge in [0.05, 0.1) is 0 Å². The molecule has 0 saturated heterocycles. The zero-order valence-electron chi connectivity index (χ0n) is 14.9. The van der Waals surface area contributed by atoms with Crippen LogP contribution in [0.5, 0.6) is 5.88 Å². The number of aromatic nitrogens is 3. The Bertz CT molecular complexity index is 953. The molecule has 4 rings (SSSR count). The van der Waals surface area contributed by atoms with Crippen molar-refractivity contribution >= 4 is 29.1 Å². The van der Waals surface area contributed by atoms with Crippen molar-refractivity contribution in [3.63, 3.8) is 0 Å². The lowest BCUT2D eigenvalue weighted by Crippen LogP contribution is -2.17. The topological polar surface area (TPSA) is 59.9 Å². The molecule has 1 aromatic heterocycles. The van der Waals surface area contributed by atoms with Gasteiger partial charge in [0.1, 0.15) is 0 Å². The maximum absolute atomic E-state index is 6.41. The fourth-order valence-electron chi connectivity index (χ4n) is 2.84. The van der Waals surface area contributed by atoms with Gasteiger partial charge in [0, 0.05) is 27.6 Å². The third-order valence-electron chi connectivity index (χ3n) is 4.25. The number of hydrogen-bond donors (Lipinski definition) is 1. The van der Waals surface area contributed by atoms with Gasteiger partial charge < -0.3 is 10.1 Å². The second kappa shape index (κ2) is 8.15. The highest BCUT2D eigenvalue weighted by atomic mass is 35.5. The summed E-state index contributed by atoms with van der Waals surface area (Å²) >= 11 is 8.00. The molecule has 5 nitrogen and oxygen atoms in total. The lowest BCUT2D eigenvalue weighted by molar-refractivity contribution is 0.225. The lowest BCUT2D eigenvalue weighted by Gasteiger charge is -2.20. The van der Waals surface area contributed by atoms with E-state index in [9.17, 15) is 0 Å². The fraction of sp³-hybridized carbons (Fsp3) is 0.250. The smallest absolute Gasteiger partial charge is 0.247 e. The second-order valence-corrected chi connectivity index (χ2v) is 7.63. The Morgan fingerprint density at radius 3 is 2.78 bits per heavy atom. The van der Waals surface area contributed by atoms with E-state index in [2.05, 4.69) is 27.4 Å². The van der Waals surface area contributed by atoms with Gasteiger partial charge in [-0.1, -0.05) is 73.1 Å². The Hall–Kier alpha value is -2.31. The van der Waals surface area contributed by atoms with Crippen LogP contribution in [-0.2, 0) is 0 Å². The number of nitrogens with zero attached hydrogens (tertiary/aromatic N) is 3. The van der Waals surface area contributed by atoms with Crippen molar-refractivity contribution in [2.45, 2.75) is 31.1 Å². The normalized spacial score (nSPS) is 15.1. The molecular formula is C20H19ClN4OS. The number of hydrogen-bond acceptors (Lipinski definition) is 6. The van der Waals surface area contributed by atoms with Gasteiger partial charge in [0.25, 0.3) is 0 Å². The maximum atomic E-state index is 6.41. The van der Waals surface area contributed by atoms with Gasteiger partial charge in [0.2, 0.25) is 11.0 Å². The number of ether oxygens (including phenoxy) is 1. The van der Waals surface area contributed by atoms with E-state index in [1.54, 1.807) is 11.8 Å². The third-order valence-corrected chi connectivity index (χ3v) is 5.52. The number of thioether (sulfide) groups is 1. The molecule has 7 heteroatoms. The molecule has 0 spiro atoms. The summed E-state index contributed by atoms with van der Waals surface area (Å²) in [7, 11) is 0. The second-order valence-electron chi connectivity index (χ2n) is 6.16. The van der Waals surface area contributed by atoms with Gasteiger partial charge in [-0.3, -0.25) is 0 Å². The first-order chi connectivity index (χ1) is 13.3. The van der Waals surface area contributed by atoms with E-state index >= 15 is 0 Å². The monoisotopic (exact) mass is 398 g/mol. The minimum atomic E-state index is -0.466. The van der Waals surface area contributed by atoms with Crippen LogP contribution in [0, 0.1) is 0 Å². The predicted octanol–water partition coefficient (Wildman–Crippen LogP) is 5.59. The predicted molar refractivity (Wildman–Crippen MR) is 109 cm³/mol. The summed E-state index contributed by atoms with van der Waals surface area (Å²) in [6.45, 7) is 2.16. The molecule has 27 heavy (non-hydrogen) atoms. The van der Waals surface area contributed by atoms with Gasteiger partial charge in [-0.2, -0.15) is 4.98 Å². The molecule has 0 bridgehead atoms. The summed E-state index contributed by atoms with van der Waals surface area (Å²) < 4.78 is 6.23. The van der Waals surface area contributed by atoms with E-state index in [1.807, 2.05) is 48.5 Å². The number of anilines is 1. The molecule has 1 N–H and O–H groups in total. The Balaban J connectivity index is 1.76. The molecule has 0 saturated carbocycles. The summed E-state index contributed by atoms with van der Waals surface area (Å²) in [6, 6.07) is 15.5. The molecule has 0 amide bonds. The number of benzene rings is 2. The molecule has 1 aliphatic rings. The molecule has 1 unspecified atom stereocenters. The van der Waals surface area contributed by atoms with Gasteiger partial charge in [0.15, 0.2) is 11.9 Å². The molecule has 0 radical (unpaired) electrons. The van der Waals surface area contributed by atoms with E-state index in [0.29, 0.717) is 21.8 Å². The molecule has 0 aliphatic carbocycles. The zero-order valence-corrected chi connectivity index (χ0v) is 16.4. The summed E-state index contributed by atoms with van der Waals surface area (Å²) in [5, 5.41) is 13.4. The van der Waals surface area contributed by atoms with Crippen molar-refractivity contribution in [3.8, 4) is 17.1 Å². The molecule has 2 aromatic carbocycles. The molecule has 1 atom stereocenters. The largest absolute Gasteiger partial charge is 0.448 e. The van der Waals surface area contributed by atoms with E-state index < -0.39 is 6.23 Å². The Morgan fingerprint density at radius 1 is 1.11 bits per heavy atom. The number of fused-ring (bicyclic) bond motifs is 3. The van der Waals surface area contributed by atoms with Crippen molar-refractivity contribution in [3.05, 3.63) is 59.1 Å². The average molecular weight is 399 g/mol. The highest BCUT2D eigenvalue weighted by Gasteiger charge is 2.27. The Kier molecular flexibility index (Phi) is 5.45. The van der Waals surface area contributed by atoms with Gasteiger partial charge >= 0.3 is 0 Å². The first-order valence-corrected chi connectivity index (χ1v) is 10.3. The van der Waals surface area contributed by atoms with E-state index in [4.69, 9.17) is 16.3 Å². The van der Waals surface area contributed by atoms with Gasteiger partial charge in [-0.15, -0.1) is 10.2 Å². The van der Waals surface area contributed by atoms with Crippen LogP contribution in [0.3, 0.4) is 0 Å². The minimum absolute atomic E-state index is 0.464. The molecule has 138 valence electrons. The van der Waals surface area contributed by atoms with Crippen LogP contribution < -0.4 is 10.1 Å². The number of halogens is 1. The molecule has 1 aliphatic heterocycles. The number of unbranched alkanes of at least 4 members (excludes halogenated alkanes) is 1. The van der Waals surface area contributed by atoms with Crippen molar-refractivity contribution in [2.75, 3.05) is 11.1 Å². The Morgan fingerprint density at radius 2 is 1.93 bits per heavy atom. The summed E-state index contributed by atoms with van der Waals surface area (Å²) in [5.41, 5.74) is 3.30. The minimum Gasteiger partial charge on any atom is -0.448 e. The van der Waals surface area contributed by atoms with E-state index in [-0.39, 0.29) is 0 Å². The van der Waals surface area contributed by atoms with Crippen LogP contribution in [0.4, 0.5) is 5.69 Å². The summed E-state index contributed by atoms with van der Waals surface area (Å²) in [6.07, 6.45) is 1.78. The van der Waals surface area contributed by atoms with Crippen molar-refractivity contribution < 1.29 is 4.74 Å². The van der Waals surface area contributed by atoms with Crippen molar-refractivity contribution in [1.29, 1.82) is 0 Å². The molecule has 0 fully saturated rings. The van der Waals surface area contributed by atoms with Crippen LogP contribution in [0.1, 0.15) is 31.6 Å². The highest BCUT2D eigenvalue weighted by Crippen LogP contribution is 2.40. The SMILES string of the molecule is CCCCSc1nnc2c(n1)OC(c1ccccc1Cl)Nc1ccccc1-2. The molecule has 3 aromatic rings. The molecule has 2 heterocycles. The Labute approximate surface area is 167 Å². The number of para-hydroxylation sites is 1. The van der Waals surface area contributed by atoms with Crippen molar-refractivity contribution in [2.24, 2.45) is 0 Å². The maximum Gasteiger partial charge on any atom is 0.247 e. The highest BCUT2D eigenvalue weighted by molar-refractivity contribution is 7.99. The zero-order chi connectivity index (χ0) is 18.6. The quantitative estimate of drug-likeness (QED) is 0.446. The van der Waals surface area contributed by atoms with Crippen molar-refractivity contribution in [1.82, 2.24) is 15.2 Å². The van der Waals surface area contributed by atoms with E-state index in [0.717, 1.165) is 35.4 Å². The molecular weight excluding hydrogens is 380 g/mol. The van der Waals surface area contributed by atoms with Gasteiger partial charge in [-0.25, -0.2) is 0 Å². The van der Waals surface area contributed by atoms with Crippen LogP contribution in [0.25, 0.3) is 11.3 Å². The first kappa shape index (κ1) is 18.1. The third kappa shape index (κ3) is 3.87. The standard InChI is InChI=1S/C20H19ClN4OS/c1-2-3-12-27-20-23-19-17(24-25-20)14-9-5-7-11-16(14)22-18(26-19)13-8-4-6-10-15(13)21/h4-11,18,22H,2-3,12H2,1H3. The van der Waals surface area contributed by atoms with Crippen LogP contribution >= 0.6 is 23.4 Å². The van der Waals surface area contributed by atoms with E-state index in [1.165, 1.54) is 0 Å². The van der Waals surface area contributed by atoms with Gasteiger partial charge in [-0.05, 0) is 18.6 Å². The van der Waals surface area contributed by atoms with Crippen LogP contribution in [0.2, 0.25) is 5.02 Å². The number of nitrogens with one attached hydrogen (secondary N) is 1. The first-order valence-electron chi connectivity index (χ1n) is 8.91.